The number of carbonyl (C=O) groups is 2. The number of rotatable bonds is 2. The third-order valence-corrected chi connectivity index (χ3v) is 1.27. The fraction of sp³-hybridized carbons (Fsp3) is 0.636. The van der Waals surface area contributed by atoms with E-state index in [9.17, 15) is 9.59 Å². The zero-order valence-corrected chi connectivity index (χ0v) is 10.1. The van der Waals surface area contributed by atoms with Crippen LogP contribution in [0.1, 0.15) is 27.7 Å². The molecular weight excluding hydrogens is 208 g/mol. The molecule has 0 rings (SSSR count). The summed E-state index contributed by atoms with van der Waals surface area (Å²) in [6.07, 6.45) is -0.499. The van der Waals surface area contributed by atoms with Gasteiger partial charge in [-0.05, 0) is 20.8 Å². The first-order valence-electron chi connectivity index (χ1n) is 4.98. The minimum Gasteiger partial charge on any atom is -0.444 e. The van der Waals surface area contributed by atoms with Gasteiger partial charge in [0.1, 0.15) is 5.60 Å². The van der Waals surface area contributed by atoms with Crippen molar-refractivity contribution in [1.82, 2.24) is 10.6 Å². The van der Waals surface area contributed by atoms with E-state index >= 15 is 0 Å². The van der Waals surface area contributed by atoms with Crippen LogP contribution in [0.5, 0.6) is 0 Å². The standard InChI is InChI=1S/C11H18N2O3/c1-9(14)12-7-5-6-8-13-10(15)16-11(2,3)4/h7-8H2,1-4H3,(H,12,14)(H,13,15). The first kappa shape index (κ1) is 14.3. The van der Waals surface area contributed by atoms with Crippen molar-refractivity contribution < 1.29 is 14.3 Å². The Morgan fingerprint density at radius 1 is 1.12 bits per heavy atom. The van der Waals surface area contributed by atoms with Crippen molar-refractivity contribution in [3.05, 3.63) is 0 Å². The molecule has 0 radical (unpaired) electrons. The van der Waals surface area contributed by atoms with Gasteiger partial charge in [-0.3, -0.25) is 4.79 Å². The highest BCUT2D eigenvalue weighted by Crippen LogP contribution is 2.05. The van der Waals surface area contributed by atoms with Crippen LogP contribution in [0, 0.1) is 11.8 Å². The molecule has 0 unspecified atom stereocenters. The second-order valence-corrected chi connectivity index (χ2v) is 4.12. The van der Waals surface area contributed by atoms with E-state index in [1.165, 1.54) is 6.92 Å². The van der Waals surface area contributed by atoms with Crippen LogP contribution < -0.4 is 10.6 Å². The Morgan fingerprint density at radius 3 is 2.06 bits per heavy atom. The molecule has 0 saturated carbocycles. The summed E-state index contributed by atoms with van der Waals surface area (Å²) in [5.74, 6) is 5.23. The number of ether oxygens (including phenoxy) is 1. The molecule has 0 aliphatic heterocycles. The van der Waals surface area contributed by atoms with Gasteiger partial charge in [-0.2, -0.15) is 0 Å². The molecular formula is C11H18N2O3. The van der Waals surface area contributed by atoms with Crippen LogP contribution in [0.4, 0.5) is 4.79 Å². The molecule has 0 heterocycles. The average Bonchev–Trinajstić information content (AvgIpc) is 2.07. The highest BCUT2D eigenvalue weighted by Gasteiger charge is 2.14. The minimum absolute atomic E-state index is 0.130. The molecule has 0 aromatic heterocycles. The first-order chi connectivity index (χ1) is 7.31. The van der Waals surface area contributed by atoms with E-state index in [2.05, 4.69) is 22.5 Å². The first-order valence-corrected chi connectivity index (χ1v) is 4.98. The van der Waals surface area contributed by atoms with Gasteiger partial charge in [-0.15, -0.1) is 0 Å². The van der Waals surface area contributed by atoms with E-state index in [0.717, 1.165) is 0 Å². The molecule has 0 aliphatic carbocycles. The summed E-state index contributed by atoms with van der Waals surface area (Å²) in [7, 11) is 0. The normalized spacial score (nSPS) is 9.75. The lowest BCUT2D eigenvalue weighted by Gasteiger charge is -2.18. The molecule has 2 N–H and O–H groups in total. The monoisotopic (exact) mass is 226 g/mol. The molecule has 16 heavy (non-hydrogen) atoms. The van der Waals surface area contributed by atoms with Crippen LogP contribution in [-0.4, -0.2) is 30.7 Å². The largest absolute Gasteiger partial charge is 0.444 e. The van der Waals surface area contributed by atoms with E-state index in [1.54, 1.807) is 20.8 Å². The molecule has 0 spiro atoms. The molecule has 0 bridgehead atoms. The maximum Gasteiger partial charge on any atom is 0.408 e. The summed E-state index contributed by atoms with van der Waals surface area (Å²) in [6.45, 7) is 7.26. The van der Waals surface area contributed by atoms with Gasteiger partial charge in [0.2, 0.25) is 5.91 Å². The zero-order valence-electron chi connectivity index (χ0n) is 10.1. The van der Waals surface area contributed by atoms with Crippen molar-refractivity contribution >= 4 is 12.0 Å². The zero-order chi connectivity index (χ0) is 12.6. The Labute approximate surface area is 95.9 Å². The highest BCUT2D eigenvalue weighted by atomic mass is 16.6. The van der Waals surface area contributed by atoms with E-state index < -0.39 is 11.7 Å². The van der Waals surface area contributed by atoms with Crippen LogP contribution in [0.2, 0.25) is 0 Å². The lowest BCUT2D eigenvalue weighted by atomic mass is 10.2. The summed E-state index contributed by atoms with van der Waals surface area (Å²) < 4.78 is 4.99. The summed E-state index contributed by atoms with van der Waals surface area (Å²) in [6, 6.07) is 0. The Balaban J connectivity index is 3.65. The van der Waals surface area contributed by atoms with Crippen molar-refractivity contribution in [2.45, 2.75) is 33.3 Å². The third-order valence-electron chi connectivity index (χ3n) is 1.27. The van der Waals surface area contributed by atoms with Gasteiger partial charge >= 0.3 is 6.09 Å². The molecule has 90 valence electrons. The van der Waals surface area contributed by atoms with Crippen molar-refractivity contribution in [3.8, 4) is 11.8 Å². The molecule has 5 heteroatoms. The summed E-state index contributed by atoms with van der Waals surface area (Å²) in [5.41, 5.74) is -0.506. The summed E-state index contributed by atoms with van der Waals surface area (Å²) in [4.78, 5) is 21.6. The average molecular weight is 226 g/mol. The minimum atomic E-state index is -0.506. The molecule has 0 aliphatic rings. The Hall–Kier alpha value is -1.70. The lowest BCUT2D eigenvalue weighted by Crippen LogP contribution is -2.32. The number of amides is 2. The smallest absolute Gasteiger partial charge is 0.408 e. The summed E-state index contributed by atoms with van der Waals surface area (Å²) >= 11 is 0. The van der Waals surface area contributed by atoms with Crippen LogP contribution >= 0.6 is 0 Å². The quantitative estimate of drug-likeness (QED) is 0.679. The predicted molar refractivity (Wildman–Crippen MR) is 60.7 cm³/mol. The van der Waals surface area contributed by atoms with E-state index in [-0.39, 0.29) is 19.0 Å². The number of hydrogen-bond acceptors (Lipinski definition) is 3. The summed E-state index contributed by atoms with van der Waals surface area (Å²) in [5, 5.41) is 5.00. The van der Waals surface area contributed by atoms with Crippen molar-refractivity contribution in [2.75, 3.05) is 13.1 Å². The maximum atomic E-state index is 11.1. The predicted octanol–water partition coefficient (Wildman–Crippen LogP) is 0.651. The van der Waals surface area contributed by atoms with Gasteiger partial charge in [0.05, 0.1) is 13.1 Å². The third kappa shape index (κ3) is 10.4. The fourth-order valence-corrected chi connectivity index (χ4v) is 0.724. The molecule has 0 aromatic carbocycles. The Kier molecular flexibility index (Phi) is 6.01. The van der Waals surface area contributed by atoms with Gasteiger partial charge < -0.3 is 15.4 Å². The molecule has 0 atom stereocenters. The Bertz CT molecular complexity index is 307. The van der Waals surface area contributed by atoms with E-state index in [1.807, 2.05) is 0 Å². The number of carbonyl (C=O) groups excluding carboxylic acids is 2. The topological polar surface area (TPSA) is 67.4 Å². The van der Waals surface area contributed by atoms with Crippen LogP contribution in [0.3, 0.4) is 0 Å². The van der Waals surface area contributed by atoms with Crippen molar-refractivity contribution in [1.29, 1.82) is 0 Å². The SMILES string of the molecule is CC(=O)NCC#CCNC(=O)OC(C)(C)C. The van der Waals surface area contributed by atoms with Gasteiger partial charge in [0, 0.05) is 6.92 Å². The van der Waals surface area contributed by atoms with E-state index in [0.29, 0.717) is 0 Å². The highest BCUT2D eigenvalue weighted by molar-refractivity contribution is 5.73. The second-order valence-electron chi connectivity index (χ2n) is 4.12. The molecule has 0 saturated heterocycles. The van der Waals surface area contributed by atoms with Gasteiger partial charge in [0.15, 0.2) is 0 Å². The van der Waals surface area contributed by atoms with Crippen LogP contribution in [0.25, 0.3) is 0 Å². The Morgan fingerprint density at radius 2 is 1.62 bits per heavy atom. The van der Waals surface area contributed by atoms with Crippen LogP contribution in [0.15, 0.2) is 0 Å². The van der Waals surface area contributed by atoms with Gasteiger partial charge in [-0.1, -0.05) is 11.8 Å². The van der Waals surface area contributed by atoms with Gasteiger partial charge in [-0.25, -0.2) is 4.79 Å². The molecule has 0 aromatic rings. The lowest BCUT2D eigenvalue weighted by molar-refractivity contribution is -0.118. The van der Waals surface area contributed by atoms with E-state index in [4.69, 9.17) is 4.74 Å². The number of alkyl carbamates (subject to hydrolysis) is 1. The molecule has 5 nitrogen and oxygen atoms in total. The molecule has 2 amide bonds. The fourth-order valence-electron chi connectivity index (χ4n) is 0.724. The molecule has 0 fully saturated rings. The number of hydrogen-bond donors (Lipinski definition) is 2. The van der Waals surface area contributed by atoms with Crippen molar-refractivity contribution in [3.63, 3.8) is 0 Å². The van der Waals surface area contributed by atoms with Crippen molar-refractivity contribution in [2.24, 2.45) is 0 Å². The maximum absolute atomic E-state index is 11.1. The second kappa shape index (κ2) is 6.72. The number of nitrogens with one attached hydrogen (secondary N) is 2. The van der Waals surface area contributed by atoms with Gasteiger partial charge in [0.25, 0.3) is 0 Å². The van der Waals surface area contributed by atoms with Crippen LogP contribution in [-0.2, 0) is 9.53 Å².